The lowest BCUT2D eigenvalue weighted by Crippen LogP contribution is -2.29. The van der Waals surface area contributed by atoms with Crippen LogP contribution in [0.1, 0.15) is 26.3 Å². The van der Waals surface area contributed by atoms with E-state index in [4.69, 9.17) is 11.6 Å². The second kappa shape index (κ2) is 7.70. The monoisotopic (exact) mass is 483 g/mol. The molecule has 2 amide bonds. The molecule has 0 saturated carbocycles. The maximum Gasteiger partial charge on any atom is 0.263 e. The highest BCUT2D eigenvalue weighted by Crippen LogP contribution is 2.30. The van der Waals surface area contributed by atoms with Crippen LogP contribution in [0.15, 0.2) is 71.6 Å². The van der Waals surface area contributed by atoms with Gasteiger partial charge in [-0.25, -0.2) is 13.4 Å². The number of carbonyl (C=O) groups excluding carboxylic acids is 2. The number of imide groups is 1. The first-order valence-electron chi connectivity index (χ1n) is 9.45. The van der Waals surface area contributed by atoms with Crippen LogP contribution < -0.4 is 4.72 Å². The van der Waals surface area contributed by atoms with Gasteiger partial charge in [0.05, 0.1) is 32.8 Å². The summed E-state index contributed by atoms with van der Waals surface area (Å²) in [4.78, 5) is 30.5. The standard InChI is InChI=1S/C22H14ClN3O4S2/c23-14-7-10-18-19(11-14)31-22(24-18)25-32(29,30)15-8-5-13(6-9-15)12-26-20(27)16-3-1-2-4-17(16)21(26)28/h1-11H,12H2,(H,24,25). The average Bonchev–Trinajstić information content (AvgIpc) is 3.27. The summed E-state index contributed by atoms with van der Waals surface area (Å²) in [5, 5.41) is 0.779. The Labute approximate surface area is 192 Å². The van der Waals surface area contributed by atoms with E-state index in [0.29, 0.717) is 27.2 Å². The minimum atomic E-state index is -3.86. The number of rotatable bonds is 5. The van der Waals surface area contributed by atoms with Crippen LogP contribution in [0.4, 0.5) is 5.13 Å². The Kier molecular flexibility index (Phi) is 4.96. The van der Waals surface area contributed by atoms with Gasteiger partial charge in [-0.3, -0.25) is 19.2 Å². The molecule has 7 nitrogen and oxygen atoms in total. The summed E-state index contributed by atoms with van der Waals surface area (Å²) >= 11 is 7.16. The van der Waals surface area contributed by atoms with Crippen LogP contribution in [0.2, 0.25) is 5.02 Å². The molecule has 5 rings (SSSR count). The molecule has 0 spiro atoms. The number of amides is 2. The third-order valence-electron chi connectivity index (χ3n) is 5.02. The molecule has 0 bridgehead atoms. The minimum absolute atomic E-state index is 0.0425. The Bertz CT molecular complexity index is 1460. The first kappa shape index (κ1) is 20.6. The van der Waals surface area contributed by atoms with E-state index in [0.717, 1.165) is 9.60 Å². The lowest BCUT2D eigenvalue weighted by Gasteiger charge is -2.14. The molecule has 0 fully saturated rings. The van der Waals surface area contributed by atoms with Crippen molar-refractivity contribution < 1.29 is 18.0 Å². The third-order valence-corrected chi connectivity index (χ3v) is 7.68. The van der Waals surface area contributed by atoms with Crippen molar-refractivity contribution >= 4 is 60.1 Å². The maximum absolute atomic E-state index is 12.8. The number of carbonyl (C=O) groups is 2. The topological polar surface area (TPSA) is 96.4 Å². The summed E-state index contributed by atoms with van der Waals surface area (Å²) in [5.74, 6) is -0.722. The number of fused-ring (bicyclic) bond motifs is 2. The summed E-state index contributed by atoms with van der Waals surface area (Å²) in [7, 11) is -3.86. The van der Waals surface area contributed by atoms with E-state index >= 15 is 0 Å². The minimum Gasteiger partial charge on any atom is -0.270 e. The zero-order valence-electron chi connectivity index (χ0n) is 16.3. The summed E-state index contributed by atoms with van der Waals surface area (Å²) in [5.41, 5.74) is 2.03. The van der Waals surface area contributed by atoms with E-state index in [1.807, 2.05) is 0 Å². The van der Waals surface area contributed by atoms with E-state index in [-0.39, 0.29) is 28.4 Å². The van der Waals surface area contributed by atoms with Gasteiger partial charge in [0.25, 0.3) is 21.8 Å². The number of aromatic nitrogens is 1. The molecule has 10 heteroatoms. The Balaban J connectivity index is 1.34. The smallest absolute Gasteiger partial charge is 0.263 e. The van der Waals surface area contributed by atoms with Crippen molar-refractivity contribution in [3.05, 3.63) is 88.4 Å². The molecule has 0 radical (unpaired) electrons. The van der Waals surface area contributed by atoms with Gasteiger partial charge in [-0.05, 0) is 48.0 Å². The normalized spacial score (nSPS) is 13.6. The number of benzene rings is 3. The quantitative estimate of drug-likeness (QED) is 0.420. The van der Waals surface area contributed by atoms with Crippen molar-refractivity contribution in [3.8, 4) is 0 Å². The molecule has 1 N–H and O–H groups in total. The van der Waals surface area contributed by atoms with Crippen molar-refractivity contribution in [3.63, 3.8) is 0 Å². The molecule has 0 saturated heterocycles. The van der Waals surface area contributed by atoms with Crippen molar-refractivity contribution in [2.24, 2.45) is 0 Å². The van der Waals surface area contributed by atoms with Crippen LogP contribution in [-0.2, 0) is 16.6 Å². The fourth-order valence-electron chi connectivity index (χ4n) is 3.46. The Morgan fingerprint density at radius 3 is 2.25 bits per heavy atom. The number of nitrogens with one attached hydrogen (secondary N) is 1. The number of nitrogens with zero attached hydrogens (tertiary/aromatic N) is 2. The Morgan fingerprint density at radius 2 is 1.59 bits per heavy atom. The predicted molar refractivity (Wildman–Crippen MR) is 123 cm³/mol. The van der Waals surface area contributed by atoms with E-state index in [1.165, 1.54) is 23.5 Å². The zero-order chi connectivity index (χ0) is 22.5. The molecule has 1 aliphatic rings. The van der Waals surface area contributed by atoms with Gasteiger partial charge in [0, 0.05) is 5.02 Å². The molecule has 0 atom stereocenters. The summed E-state index contributed by atoms with van der Waals surface area (Å²) in [6.45, 7) is 0.0543. The molecule has 4 aromatic rings. The number of halogens is 1. The number of anilines is 1. The molecule has 1 aliphatic heterocycles. The van der Waals surface area contributed by atoms with Crippen LogP contribution in [0, 0.1) is 0 Å². The van der Waals surface area contributed by atoms with Gasteiger partial charge >= 0.3 is 0 Å². The van der Waals surface area contributed by atoms with E-state index in [2.05, 4.69) is 9.71 Å². The molecular formula is C22H14ClN3O4S2. The van der Waals surface area contributed by atoms with E-state index in [9.17, 15) is 18.0 Å². The average molecular weight is 484 g/mol. The highest BCUT2D eigenvalue weighted by atomic mass is 35.5. The number of hydrogen-bond donors (Lipinski definition) is 1. The molecule has 0 unspecified atom stereocenters. The van der Waals surface area contributed by atoms with Gasteiger partial charge in [0.2, 0.25) is 0 Å². The largest absolute Gasteiger partial charge is 0.270 e. The van der Waals surface area contributed by atoms with E-state index in [1.54, 1.807) is 54.6 Å². The lowest BCUT2D eigenvalue weighted by atomic mass is 10.1. The van der Waals surface area contributed by atoms with Crippen LogP contribution in [0.3, 0.4) is 0 Å². The van der Waals surface area contributed by atoms with E-state index < -0.39 is 10.0 Å². The SMILES string of the molecule is O=C1c2ccccc2C(=O)N1Cc1ccc(S(=O)(=O)Nc2nc3ccc(Cl)cc3s2)cc1. The molecule has 0 aliphatic carbocycles. The molecule has 2 heterocycles. The second-order valence-corrected chi connectivity index (χ2v) is 10.3. The van der Waals surface area contributed by atoms with Crippen LogP contribution in [0.25, 0.3) is 10.2 Å². The van der Waals surface area contributed by atoms with Crippen LogP contribution in [0.5, 0.6) is 0 Å². The molecule has 3 aromatic carbocycles. The Hall–Kier alpha value is -3.27. The third kappa shape index (κ3) is 3.64. The van der Waals surface area contributed by atoms with Gasteiger partial charge < -0.3 is 0 Å². The van der Waals surface area contributed by atoms with Gasteiger partial charge in [0.15, 0.2) is 5.13 Å². The number of sulfonamides is 1. The highest BCUT2D eigenvalue weighted by Gasteiger charge is 2.35. The predicted octanol–water partition coefficient (Wildman–Crippen LogP) is 4.55. The summed E-state index contributed by atoms with van der Waals surface area (Å²) < 4.78 is 28.8. The summed E-state index contributed by atoms with van der Waals surface area (Å²) in [6, 6.07) is 17.8. The van der Waals surface area contributed by atoms with Gasteiger partial charge in [-0.1, -0.05) is 47.2 Å². The first-order chi connectivity index (χ1) is 15.3. The zero-order valence-corrected chi connectivity index (χ0v) is 18.7. The fourth-order valence-corrected chi connectivity index (χ4v) is 5.83. The fraction of sp³-hybridized carbons (Fsp3) is 0.0455. The van der Waals surface area contributed by atoms with Crippen molar-refractivity contribution in [1.82, 2.24) is 9.88 Å². The molecule has 160 valence electrons. The lowest BCUT2D eigenvalue weighted by molar-refractivity contribution is 0.0642. The van der Waals surface area contributed by atoms with Crippen molar-refractivity contribution in [2.75, 3.05) is 4.72 Å². The number of thiazole rings is 1. The second-order valence-electron chi connectivity index (χ2n) is 7.12. The van der Waals surface area contributed by atoms with Gasteiger partial charge in [0.1, 0.15) is 0 Å². The van der Waals surface area contributed by atoms with Crippen molar-refractivity contribution in [2.45, 2.75) is 11.4 Å². The number of hydrogen-bond acceptors (Lipinski definition) is 6. The Morgan fingerprint density at radius 1 is 0.938 bits per heavy atom. The van der Waals surface area contributed by atoms with Gasteiger partial charge in [-0.2, -0.15) is 0 Å². The molecule has 32 heavy (non-hydrogen) atoms. The molecule has 1 aromatic heterocycles. The summed E-state index contributed by atoms with van der Waals surface area (Å²) in [6.07, 6.45) is 0. The highest BCUT2D eigenvalue weighted by molar-refractivity contribution is 7.93. The van der Waals surface area contributed by atoms with Crippen LogP contribution >= 0.6 is 22.9 Å². The molecular weight excluding hydrogens is 470 g/mol. The van der Waals surface area contributed by atoms with Gasteiger partial charge in [-0.15, -0.1) is 0 Å². The van der Waals surface area contributed by atoms with Crippen molar-refractivity contribution in [1.29, 1.82) is 0 Å². The van der Waals surface area contributed by atoms with Crippen LogP contribution in [-0.4, -0.2) is 30.1 Å². The first-order valence-corrected chi connectivity index (χ1v) is 12.1. The maximum atomic E-state index is 12.8.